The average molecular weight is 500 g/mol. The van der Waals surface area contributed by atoms with E-state index in [1.165, 1.54) is 30.3 Å². The Morgan fingerprint density at radius 3 is 2.52 bits per heavy atom. The molecule has 0 atom stereocenters. The monoisotopic (exact) mass is 499 g/mol. The molecule has 12 heteroatoms. The van der Waals surface area contributed by atoms with Crippen molar-refractivity contribution in [1.82, 2.24) is 14.9 Å². The molecule has 0 amide bonds. The molecule has 170 valence electrons. The van der Waals surface area contributed by atoms with Crippen LogP contribution in [0.15, 0.2) is 53.2 Å². The number of halogens is 6. The smallest absolute Gasteiger partial charge is 0.434 e. The van der Waals surface area contributed by atoms with E-state index < -0.39 is 35.0 Å². The third kappa shape index (κ3) is 4.19. The molecule has 2 aromatic heterocycles. The fourth-order valence-electron chi connectivity index (χ4n) is 3.20. The van der Waals surface area contributed by atoms with Gasteiger partial charge in [0.1, 0.15) is 17.1 Å². The lowest BCUT2D eigenvalue weighted by molar-refractivity contribution is -0.142. The van der Waals surface area contributed by atoms with Crippen molar-refractivity contribution in [3.8, 4) is 28.3 Å². The standard InChI is InChI=1S/C21H11Cl2F4N3O3/c1-32-20(31)16-17(10-5-6-14(22)15(23)7-10)29-33-18(16)13-9-28-30(19(13)21(25,26)27)12-4-2-3-11(24)8-12/h2-9H,1H3. The zero-order valence-electron chi connectivity index (χ0n) is 16.5. The summed E-state index contributed by atoms with van der Waals surface area (Å²) in [6, 6.07) is 8.71. The zero-order chi connectivity index (χ0) is 23.9. The van der Waals surface area contributed by atoms with Gasteiger partial charge in [0, 0.05) is 5.56 Å². The van der Waals surface area contributed by atoms with Crippen LogP contribution in [0.3, 0.4) is 0 Å². The number of carbonyl (C=O) groups excluding carboxylic acids is 1. The molecule has 33 heavy (non-hydrogen) atoms. The van der Waals surface area contributed by atoms with Crippen LogP contribution in [0.25, 0.3) is 28.3 Å². The third-order valence-electron chi connectivity index (χ3n) is 4.61. The molecule has 6 nitrogen and oxygen atoms in total. The number of hydrogen-bond donors (Lipinski definition) is 0. The van der Waals surface area contributed by atoms with Crippen molar-refractivity contribution in [1.29, 1.82) is 0 Å². The van der Waals surface area contributed by atoms with Crippen LogP contribution in [0.1, 0.15) is 16.1 Å². The summed E-state index contributed by atoms with van der Waals surface area (Å²) in [6.45, 7) is 0. The van der Waals surface area contributed by atoms with Gasteiger partial charge in [0.15, 0.2) is 11.5 Å². The molecule has 0 aliphatic heterocycles. The van der Waals surface area contributed by atoms with Crippen molar-refractivity contribution in [2.45, 2.75) is 6.18 Å². The second-order valence-electron chi connectivity index (χ2n) is 6.65. The normalized spacial score (nSPS) is 11.6. The summed E-state index contributed by atoms with van der Waals surface area (Å²) in [6.07, 6.45) is -4.11. The first-order valence-electron chi connectivity index (χ1n) is 9.06. The van der Waals surface area contributed by atoms with Gasteiger partial charge in [-0.25, -0.2) is 13.9 Å². The number of ether oxygens (including phenoxy) is 1. The van der Waals surface area contributed by atoms with Gasteiger partial charge in [-0.2, -0.15) is 18.3 Å². The molecule has 0 fully saturated rings. The molecule has 0 aliphatic carbocycles. The van der Waals surface area contributed by atoms with E-state index in [1.54, 1.807) is 0 Å². The predicted octanol–water partition coefficient (Wildman–Crippen LogP) is 6.45. The van der Waals surface area contributed by atoms with Gasteiger partial charge in [-0.1, -0.05) is 40.5 Å². The van der Waals surface area contributed by atoms with E-state index in [9.17, 15) is 22.4 Å². The maximum absolute atomic E-state index is 14.1. The summed E-state index contributed by atoms with van der Waals surface area (Å²) < 4.78 is 66.4. The summed E-state index contributed by atoms with van der Waals surface area (Å²) in [5, 5.41) is 7.89. The average Bonchev–Trinajstić information content (AvgIpc) is 3.39. The van der Waals surface area contributed by atoms with Crippen LogP contribution >= 0.6 is 23.2 Å². The van der Waals surface area contributed by atoms with Crippen molar-refractivity contribution in [2.24, 2.45) is 0 Å². The molecule has 0 spiro atoms. The Kier molecular flexibility index (Phi) is 5.89. The summed E-state index contributed by atoms with van der Waals surface area (Å²) in [5.74, 6) is -2.29. The number of benzene rings is 2. The van der Waals surface area contributed by atoms with Crippen LogP contribution in [0.5, 0.6) is 0 Å². The van der Waals surface area contributed by atoms with E-state index in [4.69, 9.17) is 32.5 Å². The number of esters is 1. The highest BCUT2D eigenvalue weighted by molar-refractivity contribution is 6.42. The van der Waals surface area contributed by atoms with E-state index in [2.05, 4.69) is 10.3 Å². The maximum Gasteiger partial charge on any atom is 0.434 e. The first kappa shape index (κ1) is 22.8. The predicted molar refractivity (Wildman–Crippen MR) is 111 cm³/mol. The first-order chi connectivity index (χ1) is 15.6. The third-order valence-corrected chi connectivity index (χ3v) is 5.35. The Morgan fingerprint density at radius 2 is 1.88 bits per heavy atom. The maximum atomic E-state index is 14.1. The van der Waals surface area contributed by atoms with Crippen molar-refractivity contribution in [2.75, 3.05) is 7.11 Å². The van der Waals surface area contributed by atoms with Gasteiger partial charge in [-0.3, -0.25) is 0 Å². The highest BCUT2D eigenvalue weighted by Crippen LogP contribution is 2.42. The van der Waals surface area contributed by atoms with E-state index in [0.29, 0.717) is 4.68 Å². The Hall–Kier alpha value is -3.37. The molecule has 0 N–H and O–H groups in total. The summed E-state index contributed by atoms with van der Waals surface area (Å²) >= 11 is 11.9. The van der Waals surface area contributed by atoms with Crippen molar-refractivity contribution in [3.05, 3.63) is 75.8 Å². The minimum Gasteiger partial charge on any atom is -0.465 e. The molecule has 0 aliphatic rings. The molecular weight excluding hydrogens is 489 g/mol. The van der Waals surface area contributed by atoms with Gasteiger partial charge in [0.2, 0.25) is 0 Å². The van der Waals surface area contributed by atoms with Crippen LogP contribution in [0.2, 0.25) is 10.0 Å². The Balaban J connectivity index is 1.97. The largest absolute Gasteiger partial charge is 0.465 e. The Labute approximate surface area is 193 Å². The number of hydrogen-bond acceptors (Lipinski definition) is 5. The number of carbonyl (C=O) groups is 1. The number of methoxy groups -OCH3 is 1. The van der Waals surface area contributed by atoms with Crippen LogP contribution in [0, 0.1) is 5.82 Å². The second-order valence-corrected chi connectivity index (χ2v) is 7.47. The van der Waals surface area contributed by atoms with Gasteiger partial charge in [-0.05, 0) is 30.3 Å². The molecular formula is C21H11Cl2F4N3O3. The fraction of sp³-hybridized carbons (Fsp3) is 0.0952. The minimum absolute atomic E-state index is 0.109. The number of rotatable bonds is 4. The molecule has 4 rings (SSSR count). The van der Waals surface area contributed by atoms with Crippen molar-refractivity contribution < 1.29 is 31.6 Å². The zero-order valence-corrected chi connectivity index (χ0v) is 18.0. The lowest BCUT2D eigenvalue weighted by Gasteiger charge is -2.12. The van der Waals surface area contributed by atoms with Crippen LogP contribution in [-0.4, -0.2) is 28.0 Å². The molecule has 2 aromatic carbocycles. The number of alkyl halides is 3. The molecule has 0 bridgehead atoms. The van der Waals surface area contributed by atoms with Gasteiger partial charge in [0.25, 0.3) is 0 Å². The molecule has 4 aromatic rings. The Morgan fingerprint density at radius 1 is 1.12 bits per heavy atom. The first-order valence-corrected chi connectivity index (χ1v) is 9.82. The summed E-state index contributed by atoms with van der Waals surface area (Å²) in [4.78, 5) is 12.6. The molecule has 0 radical (unpaired) electrons. The van der Waals surface area contributed by atoms with Crippen molar-refractivity contribution in [3.63, 3.8) is 0 Å². The highest BCUT2D eigenvalue weighted by Gasteiger charge is 2.42. The lowest BCUT2D eigenvalue weighted by atomic mass is 10.0. The van der Waals surface area contributed by atoms with Crippen molar-refractivity contribution >= 4 is 29.2 Å². The van der Waals surface area contributed by atoms with E-state index in [-0.39, 0.29) is 32.6 Å². The van der Waals surface area contributed by atoms with Crippen LogP contribution < -0.4 is 0 Å². The van der Waals surface area contributed by atoms with Gasteiger partial charge in [-0.15, -0.1) is 0 Å². The van der Waals surface area contributed by atoms with E-state index in [0.717, 1.165) is 25.4 Å². The fourth-order valence-corrected chi connectivity index (χ4v) is 3.49. The SMILES string of the molecule is COC(=O)c1c(-c2ccc(Cl)c(Cl)c2)noc1-c1cnn(-c2cccc(F)c2)c1C(F)(F)F. The quantitative estimate of drug-likeness (QED) is 0.238. The second kappa shape index (κ2) is 8.53. The summed E-state index contributed by atoms with van der Waals surface area (Å²) in [5.41, 5.74) is -2.30. The number of aromatic nitrogens is 3. The van der Waals surface area contributed by atoms with Crippen LogP contribution in [0.4, 0.5) is 17.6 Å². The summed E-state index contributed by atoms with van der Waals surface area (Å²) in [7, 11) is 1.05. The van der Waals surface area contributed by atoms with E-state index >= 15 is 0 Å². The van der Waals surface area contributed by atoms with E-state index in [1.807, 2.05) is 0 Å². The van der Waals surface area contributed by atoms with Gasteiger partial charge < -0.3 is 9.26 Å². The Bertz CT molecular complexity index is 1370. The van der Waals surface area contributed by atoms with Crippen LogP contribution in [-0.2, 0) is 10.9 Å². The molecule has 0 unspecified atom stereocenters. The topological polar surface area (TPSA) is 70.2 Å². The highest BCUT2D eigenvalue weighted by atomic mass is 35.5. The number of nitrogens with zero attached hydrogens (tertiary/aromatic N) is 3. The molecule has 0 saturated carbocycles. The van der Waals surface area contributed by atoms with Gasteiger partial charge >= 0.3 is 12.1 Å². The van der Waals surface area contributed by atoms with Gasteiger partial charge in [0.05, 0.1) is 34.6 Å². The molecule has 0 saturated heterocycles. The lowest BCUT2D eigenvalue weighted by Crippen LogP contribution is -2.15. The molecule has 2 heterocycles. The minimum atomic E-state index is -4.96.